The summed E-state index contributed by atoms with van der Waals surface area (Å²) < 4.78 is 10.8. The first-order valence-corrected chi connectivity index (χ1v) is 7.48. The summed E-state index contributed by atoms with van der Waals surface area (Å²) in [6.07, 6.45) is 0. The van der Waals surface area contributed by atoms with Crippen molar-refractivity contribution in [2.45, 2.75) is 13.8 Å². The van der Waals surface area contributed by atoms with Crippen molar-refractivity contribution < 1.29 is 9.47 Å². The van der Waals surface area contributed by atoms with Gasteiger partial charge in [-0.25, -0.2) is 0 Å². The number of nitrogens with zero attached hydrogens (tertiary/aromatic N) is 1. The molecule has 3 aromatic rings. The Balaban J connectivity index is 2.14. The molecule has 0 unspecified atom stereocenters. The van der Waals surface area contributed by atoms with Crippen LogP contribution in [-0.2, 0) is 0 Å². The fourth-order valence-electron chi connectivity index (χ4n) is 2.63. The second-order valence-corrected chi connectivity index (χ2v) is 5.52. The molecule has 0 fully saturated rings. The van der Waals surface area contributed by atoms with E-state index >= 15 is 0 Å². The van der Waals surface area contributed by atoms with Gasteiger partial charge in [0.15, 0.2) is 0 Å². The van der Waals surface area contributed by atoms with Crippen LogP contribution in [0.1, 0.15) is 11.3 Å². The molecule has 4 heteroatoms. The molecule has 23 heavy (non-hydrogen) atoms. The number of benzene rings is 2. The lowest BCUT2D eigenvalue weighted by molar-refractivity contribution is 0.415. The molecule has 0 saturated carbocycles. The van der Waals surface area contributed by atoms with Gasteiger partial charge in [-0.2, -0.15) is 0 Å². The maximum absolute atomic E-state index is 5.46. The summed E-state index contributed by atoms with van der Waals surface area (Å²) in [6, 6.07) is 14.0. The lowest BCUT2D eigenvalue weighted by Crippen LogP contribution is -1.98. The Bertz CT molecular complexity index is 859. The average Bonchev–Trinajstić information content (AvgIpc) is 2.54. The molecular formula is C19H20N2O2. The van der Waals surface area contributed by atoms with Crippen molar-refractivity contribution in [3.05, 3.63) is 53.7 Å². The number of ether oxygens (including phenoxy) is 2. The number of aryl methyl sites for hydroxylation is 2. The maximum Gasteiger partial charge on any atom is 0.142 e. The summed E-state index contributed by atoms with van der Waals surface area (Å²) in [7, 11) is 3.34. The van der Waals surface area contributed by atoms with E-state index in [1.807, 2.05) is 43.3 Å². The molecule has 3 rings (SSSR count). The van der Waals surface area contributed by atoms with Crippen molar-refractivity contribution >= 4 is 22.3 Å². The van der Waals surface area contributed by atoms with Crippen LogP contribution in [0.3, 0.4) is 0 Å². The van der Waals surface area contributed by atoms with Crippen molar-refractivity contribution in [2.75, 3.05) is 19.5 Å². The van der Waals surface area contributed by atoms with Gasteiger partial charge in [-0.15, -0.1) is 0 Å². The van der Waals surface area contributed by atoms with E-state index in [0.717, 1.165) is 39.5 Å². The van der Waals surface area contributed by atoms with Crippen LogP contribution in [0.5, 0.6) is 11.5 Å². The Morgan fingerprint density at radius 2 is 1.70 bits per heavy atom. The van der Waals surface area contributed by atoms with E-state index in [2.05, 4.69) is 23.3 Å². The van der Waals surface area contributed by atoms with Crippen LogP contribution in [0.2, 0.25) is 0 Å². The number of aromatic nitrogens is 1. The number of nitrogens with one attached hydrogen (secondary N) is 1. The summed E-state index contributed by atoms with van der Waals surface area (Å²) >= 11 is 0. The van der Waals surface area contributed by atoms with Crippen LogP contribution in [0, 0.1) is 13.8 Å². The molecular weight excluding hydrogens is 288 g/mol. The topological polar surface area (TPSA) is 43.4 Å². The van der Waals surface area contributed by atoms with Crippen LogP contribution in [0.15, 0.2) is 42.5 Å². The molecule has 0 aliphatic carbocycles. The van der Waals surface area contributed by atoms with E-state index in [-0.39, 0.29) is 0 Å². The van der Waals surface area contributed by atoms with Gasteiger partial charge in [-0.05, 0) is 55.8 Å². The normalized spacial score (nSPS) is 10.6. The summed E-state index contributed by atoms with van der Waals surface area (Å²) in [4.78, 5) is 4.59. The van der Waals surface area contributed by atoms with Gasteiger partial charge in [0.2, 0.25) is 0 Å². The molecule has 0 amide bonds. The molecule has 118 valence electrons. The largest absolute Gasteiger partial charge is 0.497 e. The minimum atomic E-state index is 0.807. The zero-order chi connectivity index (χ0) is 16.4. The van der Waals surface area contributed by atoms with Crippen molar-refractivity contribution in [3.63, 3.8) is 0 Å². The van der Waals surface area contributed by atoms with E-state index in [9.17, 15) is 0 Å². The second-order valence-electron chi connectivity index (χ2n) is 5.52. The van der Waals surface area contributed by atoms with Gasteiger partial charge in [0.05, 0.1) is 25.4 Å². The molecule has 0 bridgehead atoms. The van der Waals surface area contributed by atoms with Crippen molar-refractivity contribution in [1.29, 1.82) is 0 Å². The van der Waals surface area contributed by atoms with Crippen LogP contribution in [0.25, 0.3) is 10.9 Å². The molecule has 0 spiro atoms. The Hall–Kier alpha value is -2.75. The number of hydrogen-bond acceptors (Lipinski definition) is 4. The third-order valence-corrected chi connectivity index (χ3v) is 3.77. The zero-order valence-corrected chi connectivity index (χ0v) is 13.8. The minimum absolute atomic E-state index is 0.807. The van der Waals surface area contributed by atoms with E-state index in [1.165, 1.54) is 5.56 Å². The van der Waals surface area contributed by atoms with E-state index < -0.39 is 0 Å². The van der Waals surface area contributed by atoms with Gasteiger partial charge in [0.1, 0.15) is 11.5 Å². The highest BCUT2D eigenvalue weighted by Gasteiger charge is 2.09. The highest BCUT2D eigenvalue weighted by Crippen LogP contribution is 2.33. The van der Waals surface area contributed by atoms with Crippen molar-refractivity contribution in [3.8, 4) is 11.5 Å². The molecule has 4 nitrogen and oxygen atoms in total. The second kappa shape index (κ2) is 6.16. The van der Waals surface area contributed by atoms with Crippen LogP contribution >= 0.6 is 0 Å². The first-order valence-electron chi connectivity index (χ1n) is 7.48. The predicted molar refractivity (Wildman–Crippen MR) is 94.0 cm³/mol. The van der Waals surface area contributed by atoms with Gasteiger partial charge in [0.25, 0.3) is 0 Å². The summed E-state index contributed by atoms with van der Waals surface area (Å²) in [5.74, 6) is 1.61. The highest BCUT2D eigenvalue weighted by atomic mass is 16.5. The smallest absolute Gasteiger partial charge is 0.142 e. The third kappa shape index (κ3) is 3.06. The molecule has 0 aliphatic rings. The molecule has 1 N–H and O–H groups in total. The first-order chi connectivity index (χ1) is 11.1. The number of anilines is 2. The van der Waals surface area contributed by atoms with Crippen molar-refractivity contribution in [2.24, 2.45) is 0 Å². The van der Waals surface area contributed by atoms with Gasteiger partial charge in [-0.3, -0.25) is 4.98 Å². The van der Waals surface area contributed by atoms with Crippen LogP contribution in [-0.4, -0.2) is 19.2 Å². The third-order valence-electron chi connectivity index (χ3n) is 3.77. The monoisotopic (exact) mass is 308 g/mol. The molecule has 0 saturated heterocycles. The van der Waals surface area contributed by atoms with E-state index in [0.29, 0.717) is 0 Å². The molecule has 1 heterocycles. The lowest BCUT2D eigenvalue weighted by Gasteiger charge is -2.15. The van der Waals surface area contributed by atoms with Gasteiger partial charge < -0.3 is 14.8 Å². The zero-order valence-electron chi connectivity index (χ0n) is 13.8. The maximum atomic E-state index is 5.46. The van der Waals surface area contributed by atoms with Crippen LogP contribution < -0.4 is 14.8 Å². The molecule has 1 aromatic heterocycles. The Morgan fingerprint density at radius 1 is 0.870 bits per heavy atom. The number of pyridine rings is 1. The fraction of sp³-hybridized carbons (Fsp3) is 0.211. The number of fused-ring (bicyclic) bond motifs is 1. The number of hydrogen-bond donors (Lipinski definition) is 1. The molecule has 0 atom stereocenters. The summed E-state index contributed by atoms with van der Waals surface area (Å²) in [5.41, 5.74) is 4.97. The lowest BCUT2D eigenvalue weighted by atomic mass is 10.1. The highest BCUT2D eigenvalue weighted by molar-refractivity contribution is 5.94. The Morgan fingerprint density at radius 3 is 2.43 bits per heavy atom. The quantitative estimate of drug-likeness (QED) is 0.764. The van der Waals surface area contributed by atoms with E-state index in [4.69, 9.17) is 9.47 Å². The molecule has 0 radical (unpaired) electrons. The summed E-state index contributed by atoms with van der Waals surface area (Å²) in [5, 5.41) is 4.49. The van der Waals surface area contributed by atoms with E-state index in [1.54, 1.807) is 14.2 Å². The number of rotatable bonds is 4. The minimum Gasteiger partial charge on any atom is -0.497 e. The van der Waals surface area contributed by atoms with Crippen LogP contribution in [0.4, 0.5) is 11.4 Å². The Labute approximate surface area is 136 Å². The average molecular weight is 308 g/mol. The predicted octanol–water partition coefficient (Wildman–Crippen LogP) is 4.61. The summed E-state index contributed by atoms with van der Waals surface area (Å²) in [6.45, 7) is 4.05. The number of methoxy groups -OCH3 is 2. The Kier molecular flexibility index (Phi) is 4.06. The first kappa shape index (κ1) is 15.2. The molecule has 2 aromatic carbocycles. The fourth-order valence-corrected chi connectivity index (χ4v) is 2.63. The standard InChI is InChI=1S/C19H20N2O2/c1-12-5-8-19(23-4)18(9-12)21-17-10-13(2)20-16-7-6-14(22-3)11-15(16)17/h5-11H,1-4H3,(H,20,21). The molecule has 0 aliphatic heterocycles. The van der Waals surface area contributed by atoms with Gasteiger partial charge in [-0.1, -0.05) is 6.07 Å². The van der Waals surface area contributed by atoms with Gasteiger partial charge in [0, 0.05) is 16.8 Å². The van der Waals surface area contributed by atoms with Gasteiger partial charge >= 0.3 is 0 Å². The SMILES string of the molecule is COc1ccc2nc(C)cc(Nc3cc(C)ccc3OC)c2c1. The van der Waals surface area contributed by atoms with Crippen molar-refractivity contribution in [1.82, 2.24) is 4.98 Å².